The van der Waals surface area contributed by atoms with Gasteiger partial charge in [-0.3, -0.25) is 9.48 Å². The quantitative estimate of drug-likeness (QED) is 0.616. The Hall–Kier alpha value is -1.87. The summed E-state index contributed by atoms with van der Waals surface area (Å²) in [6.07, 6.45) is 1.70. The van der Waals surface area contributed by atoms with Crippen LogP contribution in [0.1, 0.15) is 5.69 Å². The highest BCUT2D eigenvalue weighted by Crippen LogP contribution is 1.93. The van der Waals surface area contributed by atoms with Crippen LogP contribution in [0.25, 0.3) is 0 Å². The third-order valence-electron chi connectivity index (χ3n) is 1.88. The van der Waals surface area contributed by atoms with E-state index in [1.165, 1.54) is 0 Å². The summed E-state index contributed by atoms with van der Waals surface area (Å²) < 4.78 is 1.74. The first-order valence-corrected chi connectivity index (χ1v) is 4.55. The third kappa shape index (κ3) is 3.79. The van der Waals surface area contributed by atoms with Crippen molar-refractivity contribution in [2.24, 2.45) is 7.05 Å². The summed E-state index contributed by atoms with van der Waals surface area (Å²) in [5.41, 5.74) is 1.00. The normalized spacial score (nSPS) is 9.60. The van der Waals surface area contributed by atoms with Crippen LogP contribution in [0.3, 0.4) is 0 Å². The Morgan fingerprint density at radius 1 is 1.73 bits per heavy atom. The third-order valence-corrected chi connectivity index (χ3v) is 1.88. The van der Waals surface area contributed by atoms with Gasteiger partial charge in [-0.25, -0.2) is 0 Å². The SMILES string of the molecule is Cn1nccc1CNCC(=O)NCC#N. The molecular weight excluding hydrogens is 194 g/mol. The van der Waals surface area contributed by atoms with E-state index in [0.29, 0.717) is 6.54 Å². The molecule has 0 aliphatic rings. The Balaban J connectivity index is 2.20. The van der Waals surface area contributed by atoms with Gasteiger partial charge in [0.25, 0.3) is 0 Å². The van der Waals surface area contributed by atoms with Gasteiger partial charge in [0, 0.05) is 19.8 Å². The number of nitrogens with one attached hydrogen (secondary N) is 2. The molecule has 1 aromatic rings. The van der Waals surface area contributed by atoms with Crippen LogP contribution in [-0.2, 0) is 18.4 Å². The summed E-state index contributed by atoms with van der Waals surface area (Å²) in [6, 6.07) is 3.71. The number of hydrogen-bond acceptors (Lipinski definition) is 4. The molecular formula is C9H13N5O. The molecule has 0 fully saturated rings. The molecule has 15 heavy (non-hydrogen) atoms. The van der Waals surface area contributed by atoms with Crippen LogP contribution in [-0.4, -0.2) is 28.8 Å². The molecule has 0 saturated heterocycles. The minimum atomic E-state index is -0.182. The van der Waals surface area contributed by atoms with Gasteiger partial charge in [0.15, 0.2) is 0 Å². The number of carbonyl (C=O) groups is 1. The van der Waals surface area contributed by atoms with Gasteiger partial charge in [-0.15, -0.1) is 0 Å². The Morgan fingerprint density at radius 2 is 2.53 bits per heavy atom. The maximum Gasteiger partial charge on any atom is 0.234 e. The molecule has 0 unspecified atom stereocenters. The second-order valence-corrected chi connectivity index (χ2v) is 2.98. The van der Waals surface area contributed by atoms with Crippen LogP contribution in [0, 0.1) is 11.3 Å². The highest BCUT2D eigenvalue weighted by molar-refractivity contribution is 5.78. The molecule has 1 heterocycles. The van der Waals surface area contributed by atoms with Gasteiger partial charge >= 0.3 is 0 Å². The molecule has 1 aromatic heterocycles. The van der Waals surface area contributed by atoms with Crippen LogP contribution < -0.4 is 10.6 Å². The second kappa shape index (κ2) is 5.78. The maximum atomic E-state index is 11.1. The molecule has 0 spiro atoms. The zero-order valence-corrected chi connectivity index (χ0v) is 8.53. The standard InChI is InChI=1S/C9H13N5O/c1-14-8(2-4-13-14)6-11-7-9(15)12-5-3-10/h2,4,11H,5-7H2,1H3,(H,12,15). The van der Waals surface area contributed by atoms with Crippen molar-refractivity contribution < 1.29 is 4.79 Å². The Kier molecular flexibility index (Phi) is 4.31. The summed E-state index contributed by atoms with van der Waals surface area (Å²) >= 11 is 0. The molecule has 0 aliphatic heterocycles. The second-order valence-electron chi connectivity index (χ2n) is 2.98. The van der Waals surface area contributed by atoms with E-state index in [2.05, 4.69) is 15.7 Å². The summed E-state index contributed by atoms with van der Waals surface area (Å²) in [7, 11) is 1.84. The summed E-state index contributed by atoms with van der Waals surface area (Å²) in [6.45, 7) is 0.829. The number of amides is 1. The lowest BCUT2D eigenvalue weighted by molar-refractivity contribution is -0.120. The van der Waals surface area contributed by atoms with Gasteiger partial charge in [0.1, 0.15) is 6.54 Å². The molecule has 0 aliphatic carbocycles. The minimum Gasteiger partial charge on any atom is -0.342 e. The average molecular weight is 207 g/mol. The van der Waals surface area contributed by atoms with E-state index in [-0.39, 0.29) is 19.0 Å². The van der Waals surface area contributed by atoms with Crippen molar-refractivity contribution in [3.05, 3.63) is 18.0 Å². The Morgan fingerprint density at radius 3 is 3.13 bits per heavy atom. The molecule has 0 saturated carbocycles. The van der Waals surface area contributed by atoms with Gasteiger partial charge in [0.05, 0.1) is 18.3 Å². The van der Waals surface area contributed by atoms with E-state index in [4.69, 9.17) is 5.26 Å². The van der Waals surface area contributed by atoms with Crippen LogP contribution in [0.2, 0.25) is 0 Å². The van der Waals surface area contributed by atoms with Gasteiger partial charge in [0.2, 0.25) is 5.91 Å². The summed E-state index contributed by atoms with van der Waals surface area (Å²) in [5.74, 6) is -0.182. The van der Waals surface area contributed by atoms with Crippen molar-refractivity contribution in [1.29, 1.82) is 5.26 Å². The van der Waals surface area contributed by atoms with Gasteiger partial charge in [-0.05, 0) is 6.07 Å². The molecule has 0 aromatic carbocycles. The van der Waals surface area contributed by atoms with Gasteiger partial charge in [-0.1, -0.05) is 0 Å². The van der Waals surface area contributed by atoms with Crippen molar-refractivity contribution in [1.82, 2.24) is 20.4 Å². The van der Waals surface area contributed by atoms with Crippen molar-refractivity contribution in [2.45, 2.75) is 6.54 Å². The molecule has 6 nitrogen and oxygen atoms in total. The molecule has 1 rings (SSSR count). The number of carbonyl (C=O) groups excluding carboxylic acids is 1. The lowest BCUT2D eigenvalue weighted by atomic mass is 10.4. The number of rotatable bonds is 5. The van der Waals surface area contributed by atoms with Crippen LogP contribution in [0.15, 0.2) is 12.3 Å². The number of aromatic nitrogens is 2. The monoisotopic (exact) mass is 207 g/mol. The molecule has 80 valence electrons. The fourth-order valence-electron chi connectivity index (χ4n) is 1.08. The number of hydrogen-bond donors (Lipinski definition) is 2. The average Bonchev–Trinajstić information content (AvgIpc) is 2.61. The van der Waals surface area contributed by atoms with E-state index in [9.17, 15) is 4.79 Å². The first-order valence-electron chi connectivity index (χ1n) is 4.55. The van der Waals surface area contributed by atoms with E-state index in [1.54, 1.807) is 10.9 Å². The first kappa shape index (κ1) is 11.2. The smallest absolute Gasteiger partial charge is 0.234 e. The molecule has 0 radical (unpaired) electrons. The molecule has 1 amide bonds. The van der Waals surface area contributed by atoms with Gasteiger partial charge < -0.3 is 10.6 Å². The first-order chi connectivity index (χ1) is 7.24. The van der Waals surface area contributed by atoms with Crippen LogP contribution in [0.4, 0.5) is 0 Å². The highest BCUT2D eigenvalue weighted by Gasteiger charge is 2.01. The van der Waals surface area contributed by atoms with E-state index in [1.807, 2.05) is 19.2 Å². The van der Waals surface area contributed by atoms with E-state index >= 15 is 0 Å². The molecule has 6 heteroatoms. The topological polar surface area (TPSA) is 82.7 Å². The minimum absolute atomic E-state index is 0.0478. The molecule has 0 atom stereocenters. The maximum absolute atomic E-state index is 11.1. The fourth-order valence-corrected chi connectivity index (χ4v) is 1.08. The van der Waals surface area contributed by atoms with Crippen molar-refractivity contribution >= 4 is 5.91 Å². The fraction of sp³-hybridized carbons (Fsp3) is 0.444. The van der Waals surface area contributed by atoms with E-state index in [0.717, 1.165) is 5.69 Å². The van der Waals surface area contributed by atoms with Crippen molar-refractivity contribution in [3.8, 4) is 6.07 Å². The van der Waals surface area contributed by atoms with Crippen molar-refractivity contribution in [3.63, 3.8) is 0 Å². The van der Waals surface area contributed by atoms with Crippen molar-refractivity contribution in [2.75, 3.05) is 13.1 Å². The highest BCUT2D eigenvalue weighted by atomic mass is 16.1. The summed E-state index contributed by atoms with van der Waals surface area (Å²) in [4.78, 5) is 11.1. The predicted octanol–water partition coefficient (Wildman–Crippen LogP) is -0.851. The number of nitrogens with zero attached hydrogens (tertiary/aromatic N) is 3. The zero-order valence-electron chi connectivity index (χ0n) is 8.53. The zero-order chi connectivity index (χ0) is 11.1. The predicted molar refractivity (Wildman–Crippen MR) is 53.5 cm³/mol. The summed E-state index contributed by atoms with van der Waals surface area (Å²) in [5, 5.41) is 17.6. The Labute approximate surface area is 87.9 Å². The molecule has 0 bridgehead atoms. The largest absolute Gasteiger partial charge is 0.342 e. The van der Waals surface area contributed by atoms with Crippen LogP contribution >= 0.6 is 0 Å². The van der Waals surface area contributed by atoms with E-state index < -0.39 is 0 Å². The lowest BCUT2D eigenvalue weighted by Crippen LogP contribution is -2.34. The lowest BCUT2D eigenvalue weighted by Gasteiger charge is -2.04. The number of nitriles is 1. The molecule has 2 N–H and O–H groups in total. The number of aryl methyl sites for hydroxylation is 1. The Bertz CT molecular complexity index is 365. The van der Waals surface area contributed by atoms with Crippen LogP contribution in [0.5, 0.6) is 0 Å². The van der Waals surface area contributed by atoms with Gasteiger partial charge in [-0.2, -0.15) is 10.4 Å².